The SMILES string of the molecule is Cc1ccc(CNC(=O)CN2CC3CC(C2)[C@H]2CCCC(=O)N2C3)o1. The number of carbonyl (C=O) groups excluding carboxylic acids is 2. The molecule has 25 heavy (non-hydrogen) atoms. The van der Waals surface area contributed by atoms with Crippen molar-refractivity contribution in [1.29, 1.82) is 0 Å². The number of carbonyl (C=O) groups is 2. The summed E-state index contributed by atoms with van der Waals surface area (Å²) in [6.07, 6.45) is 4.07. The number of likely N-dealkylation sites (tertiary alicyclic amines) is 1. The van der Waals surface area contributed by atoms with Gasteiger partial charge in [-0.05, 0) is 50.2 Å². The van der Waals surface area contributed by atoms with E-state index in [0.29, 0.717) is 43.3 Å². The van der Waals surface area contributed by atoms with E-state index in [1.54, 1.807) is 0 Å². The summed E-state index contributed by atoms with van der Waals surface area (Å²) in [6, 6.07) is 4.20. The van der Waals surface area contributed by atoms with Crippen LogP contribution in [0.25, 0.3) is 0 Å². The van der Waals surface area contributed by atoms with Gasteiger partial charge in [0.1, 0.15) is 11.5 Å². The Kier molecular flexibility index (Phi) is 4.54. The molecule has 4 heterocycles. The van der Waals surface area contributed by atoms with Crippen LogP contribution in [-0.2, 0) is 16.1 Å². The fourth-order valence-electron chi connectivity index (χ4n) is 4.87. The Hall–Kier alpha value is -1.82. The van der Waals surface area contributed by atoms with Crippen LogP contribution in [0.3, 0.4) is 0 Å². The molecule has 3 saturated heterocycles. The number of amides is 2. The summed E-state index contributed by atoms with van der Waals surface area (Å²) in [5.74, 6) is 3.07. The molecule has 0 aromatic carbocycles. The van der Waals surface area contributed by atoms with Gasteiger partial charge in [-0.2, -0.15) is 0 Å². The van der Waals surface area contributed by atoms with Gasteiger partial charge < -0.3 is 14.6 Å². The summed E-state index contributed by atoms with van der Waals surface area (Å²) < 4.78 is 5.49. The smallest absolute Gasteiger partial charge is 0.234 e. The zero-order chi connectivity index (χ0) is 17.4. The lowest BCUT2D eigenvalue weighted by Crippen LogP contribution is -2.61. The molecule has 2 unspecified atom stereocenters. The van der Waals surface area contributed by atoms with Crippen molar-refractivity contribution in [3.8, 4) is 0 Å². The molecule has 3 aliphatic rings. The molecule has 3 aliphatic heterocycles. The van der Waals surface area contributed by atoms with Crippen LogP contribution in [0.1, 0.15) is 37.2 Å². The van der Waals surface area contributed by atoms with Crippen LogP contribution in [0.2, 0.25) is 0 Å². The summed E-state index contributed by atoms with van der Waals surface area (Å²) in [6.45, 7) is 5.50. The highest BCUT2D eigenvalue weighted by Crippen LogP contribution is 2.37. The molecule has 3 fully saturated rings. The van der Waals surface area contributed by atoms with Crippen molar-refractivity contribution >= 4 is 11.8 Å². The summed E-state index contributed by atoms with van der Waals surface area (Å²) in [7, 11) is 0. The highest BCUT2D eigenvalue weighted by molar-refractivity contribution is 5.78. The van der Waals surface area contributed by atoms with Crippen molar-refractivity contribution in [2.24, 2.45) is 11.8 Å². The lowest BCUT2D eigenvalue weighted by molar-refractivity contribution is -0.145. The normalized spacial score (nSPS) is 29.4. The van der Waals surface area contributed by atoms with E-state index in [0.717, 1.165) is 44.0 Å². The Morgan fingerprint density at radius 3 is 3.00 bits per heavy atom. The van der Waals surface area contributed by atoms with Crippen molar-refractivity contribution in [1.82, 2.24) is 15.1 Å². The quantitative estimate of drug-likeness (QED) is 0.899. The number of aryl methyl sites for hydroxylation is 1. The number of fused-ring (bicyclic) bond motifs is 4. The first-order chi connectivity index (χ1) is 12.1. The molecular weight excluding hydrogens is 318 g/mol. The van der Waals surface area contributed by atoms with E-state index in [1.165, 1.54) is 6.42 Å². The van der Waals surface area contributed by atoms with Crippen LogP contribution >= 0.6 is 0 Å². The topological polar surface area (TPSA) is 65.8 Å². The highest BCUT2D eigenvalue weighted by Gasteiger charge is 2.43. The largest absolute Gasteiger partial charge is 0.465 e. The van der Waals surface area contributed by atoms with Crippen LogP contribution in [-0.4, -0.2) is 53.8 Å². The third-order valence-corrected chi connectivity index (χ3v) is 5.88. The molecule has 0 spiro atoms. The lowest BCUT2D eigenvalue weighted by Gasteiger charge is -2.52. The second-order valence-electron chi connectivity index (χ2n) is 7.85. The first kappa shape index (κ1) is 16.6. The molecule has 0 saturated carbocycles. The zero-order valence-electron chi connectivity index (χ0n) is 14.9. The molecule has 1 aromatic heterocycles. The van der Waals surface area contributed by atoms with Gasteiger partial charge in [-0.25, -0.2) is 0 Å². The third kappa shape index (κ3) is 3.59. The first-order valence-corrected chi connectivity index (χ1v) is 9.42. The second-order valence-corrected chi connectivity index (χ2v) is 7.85. The average molecular weight is 345 g/mol. The van der Waals surface area contributed by atoms with Crippen molar-refractivity contribution in [2.45, 2.75) is 45.2 Å². The van der Waals surface area contributed by atoms with Gasteiger partial charge in [0.05, 0.1) is 13.1 Å². The number of rotatable bonds is 4. The molecule has 6 heteroatoms. The van der Waals surface area contributed by atoms with E-state index in [4.69, 9.17) is 4.42 Å². The molecule has 2 amide bonds. The molecule has 2 bridgehead atoms. The Bertz CT molecular complexity index is 656. The van der Waals surface area contributed by atoms with Crippen LogP contribution in [0.4, 0.5) is 0 Å². The summed E-state index contributed by atoms with van der Waals surface area (Å²) >= 11 is 0. The molecule has 136 valence electrons. The average Bonchev–Trinajstić information content (AvgIpc) is 2.99. The van der Waals surface area contributed by atoms with Crippen LogP contribution in [0.5, 0.6) is 0 Å². The summed E-state index contributed by atoms with van der Waals surface area (Å²) in [4.78, 5) is 28.9. The van der Waals surface area contributed by atoms with Crippen LogP contribution < -0.4 is 5.32 Å². The van der Waals surface area contributed by atoms with E-state index in [1.807, 2.05) is 19.1 Å². The number of furan rings is 1. The number of hydrogen-bond donors (Lipinski definition) is 1. The number of nitrogens with one attached hydrogen (secondary N) is 1. The minimum absolute atomic E-state index is 0.0469. The Morgan fingerprint density at radius 2 is 2.20 bits per heavy atom. The minimum Gasteiger partial charge on any atom is -0.465 e. The fourth-order valence-corrected chi connectivity index (χ4v) is 4.87. The van der Waals surface area contributed by atoms with Gasteiger partial charge in [-0.3, -0.25) is 14.5 Å². The van der Waals surface area contributed by atoms with E-state index >= 15 is 0 Å². The minimum atomic E-state index is 0.0469. The van der Waals surface area contributed by atoms with Crippen molar-refractivity contribution in [3.05, 3.63) is 23.7 Å². The highest BCUT2D eigenvalue weighted by atomic mass is 16.3. The maximum atomic E-state index is 12.3. The summed E-state index contributed by atoms with van der Waals surface area (Å²) in [5.41, 5.74) is 0. The van der Waals surface area contributed by atoms with Crippen LogP contribution in [0.15, 0.2) is 16.5 Å². The summed E-state index contributed by atoms with van der Waals surface area (Å²) in [5, 5.41) is 2.95. The molecule has 3 atom stereocenters. The number of nitrogens with zero attached hydrogens (tertiary/aromatic N) is 2. The van der Waals surface area contributed by atoms with Gasteiger partial charge in [-0.15, -0.1) is 0 Å². The van der Waals surface area contributed by atoms with Crippen molar-refractivity contribution < 1.29 is 14.0 Å². The molecule has 6 nitrogen and oxygen atoms in total. The fraction of sp³-hybridized carbons (Fsp3) is 0.684. The molecule has 4 rings (SSSR count). The maximum absolute atomic E-state index is 12.3. The van der Waals surface area contributed by atoms with Gasteiger partial charge >= 0.3 is 0 Å². The number of piperidine rings is 3. The molecule has 0 aliphatic carbocycles. The van der Waals surface area contributed by atoms with E-state index in [-0.39, 0.29) is 5.91 Å². The number of hydrogen-bond acceptors (Lipinski definition) is 4. The van der Waals surface area contributed by atoms with Gasteiger partial charge in [0.15, 0.2) is 0 Å². The maximum Gasteiger partial charge on any atom is 0.234 e. The predicted molar refractivity (Wildman–Crippen MR) is 92.7 cm³/mol. The predicted octanol–water partition coefficient (Wildman–Crippen LogP) is 1.54. The van der Waals surface area contributed by atoms with Crippen molar-refractivity contribution in [3.63, 3.8) is 0 Å². The first-order valence-electron chi connectivity index (χ1n) is 9.42. The van der Waals surface area contributed by atoms with Gasteiger partial charge in [-0.1, -0.05) is 0 Å². The van der Waals surface area contributed by atoms with Gasteiger partial charge in [0.2, 0.25) is 11.8 Å². The van der Waals surface area contributed by atoms with Gasteiger partial charge in [0.25, 0.3) is 0 Å². The van der Waals surface area contributed by atoms with E-state index < -0.39 is 0 Å². The van der Waals surface area contributed by atoms with Crippen LogP contribution in [0, 0.1) is 18.8 Å². The standard InChI is InChI=1S/C19H27N3O3/c1-13-5-6-16(25-13)8-20-18(23)12-21-9-14-7-15(11-21)17-3-2-4-19(24)22(17)10-14/h5-6,14-15,17H,2-4,7-12H2,1H3,(H,20,23)/t14?,15?,17-/m1/s1. The van der Waals surface area contributed by atoms with E-state index in [9.17, 15) is 9.59 Å². The van der Waals surface area contributed by atoms with Crippen molar-refractivity contribution in [2.75, 3.05) is 26.2 Å². The Labute approximate surface area is 148 Å². The Balaban J connectivity index is 1.31. The van der Waals surface area contributed by atoms with Gasteiger partial charge in [0, 0.05) is 32.1 Å². The third-order valence-electron chi connectivity index (χ3n) is 5.88. The second kappa shape index (κ2) is 6.83. The molecule has 0 radical (unpaired) electrons. The molecule has 1 aromatic rings. The zero-order valence-corrected chi connectivity index (χ0v) is 14.9. The monoisotopic (exact) mass is 345 g/mol. The molecular formula is C19H27N3O3. The molecule has 1 N–H and O–H groups in total. The lowest BCUT2D eigenvalue weighted by atomic mass is 9.76. The Morgan fingerprint density at radius 1 is 1.32 bits per heavy atom. The van der Waals surface area contributed by atoms with E-state index in [2.05, 4.69) is 15.1 Å².